The van der Waals surface area contributed by atoms with Gasteiger partial charge in [-0.15, -0.1) is 0 Å². The first-order valence-corrected chi connectivity index (χ1v) is 9.19. The quantitative estimate of drug-likeness (QED) is 0.942. The largest absolute Gasteiger partial charge is 0.310 e. The average Bonchev–Trinajstić information content (AvgIpc) is 2.84. The van der Waals surface area contributed by atoms with Crippen LogP contribution in [0.25, 0.3) is 10.8 Å². The second-order valence-corrected chi connectivity index (χ2v) is 7.88. The SMILES string of the molecule is CCNC(c1cncc2ccccc12)C1CCS(=O)(=O)C1. The summed E-state index contributed by atoms with van der Waals surface area (Å²) >= 11 is 0. The van der Waals surface area contributed by atoms with Crippen LogP contribution in [0, 0.1) is 5.92 Å². The van der Waals surface area contributed by atoms with E-state index in [1.165, 1.54) is 0 Å². The molecule has 2 unspecified atom stereocenters. The summed E-state index contributed by atoms with van der Waals surface area (Å²) in [7, 11) is -2.88. The van der Waals surface area contributed by atoms with Gasteiger partial charge in [-0.05, 0) is 29.8 Å². The zero-order chi connectivity index (χ0) is 14.9. The predicted molar refractivity (Wildman–Crippen MR) is 84.9 cm³/mol. The van der Waals surface area contributed by atoms with Crippen LogP contribution in [0.2, 0.25) is 0 Å². The van der Waals surface area contributed by atoms with Crippen molar-refractivity contribution in [2.45, 2.75) is 19.4 Å². The highest BCUT2D eigenvalue weighted by molar-refractivity contribution is 7.91. The van der Waals surface area contributed by atoms with E-state index >= 15 is 0 Å². The lowest BCUT2D eigenvalue weighted by atomic mass is 9.90. The number of hydrogen-bond donors (Lipinski definition) is 1. The zero-order valence-corrected chi connectivity index (χ0v) is 12.9. The molecule has 2 heterocycles. The summed E-state index contributed by atoms with van der Waals surface area (Å²) in [6, 6.07) is 8.18. The van der Waals surface area contributed by atoms with Crippen molar-refractivity contribution in [3.8, 4) is 0 Å². The smallest absolute Gasteiger partial charge is 0.150 e. The Labute approximate surface area is 125 Å². The fraction of sp³-hybridized carbons (Fsp3) is 0.438. The number of sulfone groups is 1. The molecule has 5 heteroatoms. The van der Waals surface area contributed by atoms with Crippen LogP contribution >= 0.6 is 0 Å². The standard InChI is InChI=1S/C16H20N2O2S/c1-2-18-16(13-7-8-21(19,20)11-13)15-10-17-9-12-5-3-4-6-14(12)15/h3-6,9-10,13,16,18H,2,7-8,11H2,1H3. The van der Waals surface area contributed by atoms with Gasteiger partial charge in [0.15, 0.2) is 9.84 Å². The maximum atomic E-state index is 11.8. The average molecular weight is 304 g/mol. The molecule has 0 bridgehead atoms. The van der Waals surface area contributed by atoms with Crippen LogP contribution < -0.4 is 5.32 Å². The molecule has 1 aliphatic rings. The van der Waals surface area contributed by atoms with Crippen molar-refractivity contribution in [2.75, 3.05) is 18.1 Å². The first kappa shape index (κ1) is 14.5. The predicted octanol–water partition coefficient (Wildman–Crippen LogP) is 2.32. The number of fused-ring (bicyclic) bond motifs is 1. The number of nitrogens with one attached hydrogen (secondary N) is 1. The molecular weight excluding hydrogens is 284 g/mol. The minimum Gasteiger partial charge on any atom is -0.310 e. The molecule has 0 aliphatic carbocycles. The lowest BCUT2D eigenvalue weighted by molar-refractivity contribution is 0.402. The van der Waals surface area contributed by atoms with Gasteiger partial charge in [-0.1, -0.05) is 31.2 Å². The van der Waals surface area contributed by atoms with Crippen LogP contribution in [0.3, 0.4) is 0 Å². The van der Waals surface area contributed by atoms with Gasteiger partial charge in [-0.3, -0.25) is 4.98 Å². The number of nitrogens with zero attached hydrogens (tertiary/aromatic N) is 1. The summed E-state index contributed by atoms with van der Waals surface area (Å²) in [4.78, 5) is 4.33. The van der Waals surface area contributed by atoms with Crippen LogP contribution in [-0.4, -0.2) is 31.5 Å². The van der Waals surface area contributed by atoms with Crippen molar-refractivity contribution in [2.24, 2.45) is 5.92 Å². The lowest BCUT2D eigenvalue weighted by Gasteiger charge is -2.25. The van der Waals surface area contributed by atoms with Gasteiger partial charge in [-0.25, -0.2) is 8.42 Å². The molecule has 21 heavy (non-hydrogen) atoms. The second kappa shape index (κ2) is 5.73. The molecule has 0 radical (unpaired) electrons. The van der Waals surface area contributed by atoms with Crippen LogP contribution in [0.15, 0.2) is 36.7 Å². The van der Waals surface area contributed by atoms with Crippen molar-refractivity contribution < 1.29 is 8.42 Å². The Hall–Kier alpha value is -1.46. The zero-order valence-electron chi connectivity index (χ0n) is 12.1. The second-order valence-electron chi connectivity index (χ2n) is 5.65. The van der Waals surface area contributed by atoms with E-state index in [4.69, 9.17) is 0 Å². The summed E-state index contributed by atoms with van der Waals surface area (Å²) in [5.74, 6) is 0.702. The van der Waals surface area contributed by atoms with E-state index in [9.17, 15) is 8.42 Å². The molecule has 1 aliphatic heterocycles. The van der Waals surface area contributed by atoms with E-state index in [0.717, 1.165) is 29.3 Å². The van der Waals surface area contributed by atoms with Gasteiger partial charge in [-0.2, -0.15) is 0 Å². The van der Waals surface area contributed by atoms with Gasteiger partial charge in [0.05, 0.1) is 11.5 Å². The summed E-state index contributed by atoms with van der Waals surface area (Å²) in [6.45, 7) is 2.86. The Bertz CT molecular complexity index is 738. The molecule has 112 valence electrons. The molecule has 1 fully saturated rings. The van der Waals surface area contributed by atoms with Gasteiger partial charge in [0.2, 0.25) is 0 Å². The number of hydrogen-bond acceptors (Lipinski definition) is 4. The van der Waals surface area contributed by atoms with Gasteiger partial charge in [0, 0.05) is 23.8 Å². The monoisotopic (exact) mass is 304 g/mol. The molecule has 0 spiro atoms. The molecular formula is C16H20N2O2S. The summed E-state index contributed by atoms with van der Waals surface area (Å²) in [6.07, 6.45) is 4.46. The highest BCUT2D eigenvalue weighted by Gasteiger charge is 2.34. The molecule has 1 saturated heterocycles. The van der Waals surface area contributed by atoms with E-state index in [0.29, 0.717) is 5.75 Å². The minimum atomic E-state index is -2.88. The maximum Gasteiger partial charge on any atom is 0.150 e. The van der Waals surface area contributed by atoms with Crippen LogP contribution in [0.4, 0.5) is 0 Å². The van der Waals surface area contributed by atoms with E-state index in [-0.39, 0.29) is 17.7 Å². The fourth-order valence-electron chi connectivity index (χ4n) is 3.22. The molecule has 1 aromatic carbocycles. The number of benzene rings is 1. The Morgan fingerprint density at radius 2 is 2.14 bits per heavy atom. The third kappa shape index (κ3) is 2.94. The fourth-order valence-corrected chi connectivity index (χ4v) is 5.06. The van der Waals surface area contributed by atoms with Crippen LogP contribution in [-0.2, 0) is 9.84 Å². The molecule has 0 amide bonds. The molecule has 3 rings (SSSR count). The van der Waals surface area contributed by atoms with Gasteiger partial charge < -0.3 is 5.32 Å². The first-order chi connectivity index (χ1) is 10.1. The summed E-state index contributed by atoms with van der Waals surface area (Å²) in [5, 5.41) is 5.72. The van der Waals surface area contributed by atoms with E-state index in [1.54, 1.807) is 0 Å². The molecule has 0 saturated carbocycles. The summed E-state index contributed by atoms with van der Waals surface area (Å²) in [5.41, 5.74) is 1.11. The van der Waals surface area contributed by atoms with Crippen molar-refractivity contribution >= 4 is 20.6 Å². The van der Waals surface area contributed by atoms with E-state index in [1.807, 2.05) is 30.6 Å². The van der Waals surface area contributed by atoms with Crippen LogP contribution in [0.5, 0.6) is 0 Å². The molecule has 2 aromatic rings. The van der Waals surface area contributed by atoms with Crippen molar-refractivity contribution in [3.63, 3.8) is 0 Å². The minimum absolute atomic E-state index is 0.0471. The Morgan fingerprint density at radius 3 is 2.86 bits per heavy atom. The van der Waals surface area contributed by atoms with Gasteiger partial charge in [0.1, 0.15) is 0 Å². The highest BCUT2D eigenvalue weighted by atomic mass is 32.2. The van der Waals surface area contributed by atoms with Crippen molar-refractivity contribution in [3.05, 3.63) is 42.2 Å². The first-order valence-electron chi connectivity index (χ1n) is 7.37. The van der Waals surface area contributed by atoms with E-state index < -0.39 is 9.84 Å². The molecule has 4 nitrogen and oxygen atoms in total. The Morgan fingerprint density at radius 1 is 1.33 bits per heavy atom. The highest BCUT2D eigenvalue weighted by Crippen LogP contribution is 2.34. The Kier molecular flexibility index (Phi) is 3.95. The topological polar surface area (TPSA) is 59.1 Å². The van der Waals surface area contributed by atoms with E-state index in [2.05, 4.69) is 23.3 Å². The van der Waals surface area contributed by atoms with Crippen LogP contribution in [0.1, 0.15) is 24.9 Å². The Balaban J connectivity index is 2.04. The van der Waals surface area contributed by atoms with Crippen molar-refractivity contribution in [1.29, 1.82) is 0 Å². The summed E-state index contributed by atoms with van der Waals surface area (Å²) < 4.78 is 23.6. The van der Waals surface area contributed by atoms with Gasteiger partial charge >= 0.3 is 0 Å². The number of aromatic nitrogens is 1. The maximum absolute atomic E-state index is 11.8. The van der Waals surface area contributed by atoms with Gasteiger partial charge in [0.25, 0.3) is 0 Å². The third-order valence-electron chi connectivity index (χ3n) is 4.20. The molecule has 1 N–H and O–H groups in total. The normalized spacial score (nSPS) is 22.4. The lowest BCUT2D eigenvalue weighted by Crippen LogP contribution is -2.29. The molecule has 2 atom stereocenters. The third-order valence-corrected chi connectivity index (χ3v) is 5.99. The number of rotatable bonds is 4. The van der Waals surface area contributed by atoms with Crippen molar-refractivity contribution in [1.82, 2.24) is 10.3 Å². The number of pyridine rings is 1. The molecule has 1 aromatic heterocycles.